The van der Waals surface area contributed by atoms with Gasteiger partial charge in [0.2, 0.25) is 10.0 Å². The fourth-order valence-corrected chi connectivity index (χ4v) is 6.60. The van der Waals surface area contributed by atoms with E-state index in [0.717, 1.165) is 30.4 Å². The highest BCUT2D eigenvalue weighted by atomic mass is 32.2. The highest BCUT2D eigenvalue weighted by molar-refractivity contribution is 7.88. The molecule has 3 rings (SSSR count). The molecule has 0 spiro atoms. The number of hydrogen-bond donors (Lipinski definition) is 0. The van der Waals surface area contributed by atoms with Gasteiger partial charge in [-0.3, -0.25) is 0 Å². The van der Waals surface area contributed by atoms with Crippen LogP contribution in [0, 0.1) is 17.8 Å². The molecule has 2 atom stereocenters. The molecule has 1 heterocycles. The molecular formula is C18H27NO2S. The van der Waals surface area contributed by atoms with Crippen molar-refractivity contribution in [2.75, 3.05) is 6.54 Å². The third kappa shape index (κ3) is 3.09. The fourth-order valence-electron chi connectivity index (χ4n) is 4.71. The molecule has 1 aliphatic heterocycles. The quantitative estimate of drug-likeness (QED) is 0.851. The molecule has 2 aliphatic rings. The summed E-state index contributed by atoms with van der Waals surface area (Å²) in [5, 5.41) is 0. The van der Waals surface area contributed by atoms with E-state index in [1.807, 2.05) is 35.5 Å². The SMILES string of the molecule is Cc1ccc(CS(=O)(=O)N2CC3(C)CC2CC(C)(C)C3)cc1. The van der Waals surface area contributed by atoms with Gasteiger partial charge in [-0.2, -0.15) is 4.31 Å². The Morgan fingerprint density at radius 1 is 1.14 bits per heavy atom. The molecular weight excluding hydrogens is 294 g/mol. The number of fused-ring (bicyclic) bond motifs is 2. The molecule has 122 valence electrons. The first-order chi connectivity index (χ1) is 10.1. The van der Waals surface area contributed by atoms with Crippen LogP contribution < -0.4 is 0 Å². The summed E-state index contributed by atoms with van der Waals surface area (Å²) in [6, 6.07) is 8.01. The average molecular weight is 321 g/mol. The molecule has 1 saturated carbocycles. The van der Waals surface area contributed by atoms with Crippen molar-refractivity contribution in [2.24, 2.45) is 10.8 Å². The summed E-state index contributed by atoms with van der Waals surface area (Å²) in [7, 11) is -3.24. The van der Waals surface area contributed by atoms with Gasteiger partial charge < -0.3 is 0 Å². The van der Waals surface area contributed by atoms with Gasteiger partial charge in [0.1, 0.15) is 0 Å². The Bertz CT molecular complexity index is 663. The second kappa shape index (κ2) is 5.07. The highest BCUT2D eigenvalue weighted by Crippen LogP contribution is 2.53. The molecule has 0 aromatic heterocycles. The Morgan fingerprint density at radius 2 is 1.77 bits per heavy atom. The molecule has 1 saturated heterocycles. The van der Waals surface area contributed by atoms with Crippen LogP contribution in [0.2, 0.25) is 0 Å². The largest absolute Gasteiger partial charge is 0.218 e. The molecule has 0 radical (unpaired) electrons. The summed E-state index contributed by atoms with van der Waals surface area (Å²) in [6.45, 7) is 9.50. The van der Waals surface area contributed by atoms with Gasteiger partial charge in [-0.1, -0.05) is 50.6 Å². The second-order valence-electron chi connectivity index (χ2n) is 8.50. The van der Waals surface area contributed by atoms with Crippen molar-refractivity contribution in [3.8, 4) is 0 Å². The number of hydrogen-bond acceptors (Lipinski definition) is 2. The molecule has 1 aromatic carbocycles. The lowest BCUT2D eigenvalue weighted by Crippen LogP contribution is -2.38. The van der Waals surface area contributed by atoms with Crippen molar-refractivity contribution in [1.82, 2.24) is 4.31 Å². The van der Waals surface area contributed by atoms with Gasteiger partial charge in [0.25, 0.3) is 0 Å². The van der Waals surface area contributed by atoms with Gasteiger partial charge in [0, 0.05) is 12.6 Å². The zero-order valence-electron chi connectivity index (χ0n) is 14.1. The summed E-state index contributed by atoms with van der Waals surface area (Å²) in [6.07, 6.45) is 3.12. The maximum atomic E-state index is 12.9. The van der Waals surface area contributed by atoms with E-state index < -0.39 is 10.0 Å². The molecule has 1 aromatic rings. The van der Waals surface area contributed by atoms with Gasteiger partial charge in [0.05, 0.1) is 5.75 Å². The maximum Gasteiger partial charge on any atom is 0.218 e. The van der Waals surface area contributed by atoms with Crippen LogP contribution in [0.5, 0.6) is 0 Å². The van der Waals surface area contributed by atoms with Gasteiger partial charge in [-0.05, 0) is 42.6 Å². The highest BCUT2D eigenvalue weighted by Gasteiger charge is 2.52. The number of aryl methyl sites for hydroxylation is 1. The fraction of sp³-hybridized carbons (Fsp3) is 0.667. The number of sulfonamides is 1. The lowest BCUT2D eigenvalue weighted by Gasteiger charge is -2.39. The van der Waals surface area contributed by atoms with Crippen LogP contribution in [-0.4, -0.2) is 25.3 Å². The van der Waals surface area contributed by atoms with Crippen LogP contribution in [0.3, 0.4) is 0 Å². The first-order valence-corrected chi connectivity index (χ1v) is 9.75. The third-order valence-corrected chi connectivity index (χ3v) is 7.03. The topological polar surface area (TPSA) is 37.4 Å². The third-order valence-electron chi connectivity index (χ3n) is 5.19. The Hall–Kier alpha value is -0.870. The zero-order chi connectivity index (χ0) is 16.2. The van der Waals surface area contributed by atoms with Crippen LogP contribution in [-0.2, 0) is 15.8 Å². The van der Waals surface area contributed by atoms with E-state index in [-0.39, 0.29) is 22.6 Å². The standard InChI is InChI=1S/C18H27NO2S/c1-14-5-7-15(8-6-14)11-22(20,21)19-13-18(4)10-16(19)9-17(2,3)12-18/h5-8,16H,9-13H2,1-4H3. The Balaban J connectivity index is 1.83. The smallest absolute Gasteiger partial charge is 0.212 e. The summed E-state index contributed by atoms with van der Waals surface area (Å²) in [5.74, 6) is 0.125. The lowest BCUT2D eigenvalue weighted by molar-refractivity contribution is 0.133. The molecule has 0 N–H and O–H groups in total. The van der Waals surface area contributed by atoms with Crippen molar-refractivity contribution in [3.05, 3.63) is 35.4 Å². The molecule has 2 unspecified atom stereocenters. The van der Waals surface area contributed by atoms with Gasteiger partial charge in [-0.15, -0.1) is 0 Å². The van der Waals surface area contributed by atoms with Crippen LogP contribution in [0.4, 0.5) is 0 Å². The van der Waals surface area contributed by atoms with Gasteiger partial charge >= 0.3 is 0 Å². The van der Waals surface area contributed by atoms with E-state index in [2.05, 4.69) is 20.8 Å². The van der Waals surface area contributed by atoms with Crippen molar-refractivity contribution >= 4 is 10.0 Å². The molecule has 22 heavy (non-hydrogen) atoms. The summed E-state index contributed by atoms with van der Waals surface area (Å²) in [5.41, 5.74) is 2.43. The minimum absolute atomic E-state index is 0.125. The van der Waals surface area contributed by atoms with Crippen LogP contribution in [0.1, 0.15) is 51.2 Å². The monoisotopic (exact) mass is 321 g/mol. The predicted molar refractivity (Wildman–Crippen MR) is 90.0 cm³/mol. The normalized spacial score (nSPS) is 31.4. The van der Waals surface area contributed by atoms with E-state index in [9.17, 15) is 8.42 Å². The molecule has 2 bridgehead atoms. The van der Waals surface area contributed by atoms with Crippen LogP contribution in [0.15, 0.2) is 24.3 Å². The number of rotatable bonds is 3. The molecule has 1 aliphatic carbocycles. The lowest BCUT2D eigenvalue weighted by atomic mass is 9.65. The maximum absolute atomic E-state index is 12.9. The van der Waals surface area contributed by atoms with Crippen molar-refractivity contribution in [1.29, 1.82) is 0 Å². The van der Waals surface area contributed by atoms with E-state index in [1.54, 1.807) is 0 Å². The van der Waals surface area contributed by atoms with Gasteiger partial charge in [0.15, 0.2) is 0 Å². The van der Waals surface area contributed by atoms with Gasteiger partial charge in [-0.25, -0.2) is 8.42 Å². The second-order valence-corrected chi connectivity index (χ2v) is 10.4. The molecule has 0 amide bonds. The first kappa shape index (κ1) is 16.0. The van der Waals surface area contributed by atoms with E-state index in [1.165, 1.54) is 0 Å². The Kier molecular flexibility index (Phi) is 3.69. The van der Waals surface area contributed by atoms with Crippen molar-refractivity contribution in [3.63, 3.8) is 0 Å². The Morgan fingerprint density at radius 3 is 2.41 bits per heavy atom. The first-order valence-electron chi connectivity index (χ1n) is 8.14. The molecule has 3 nitrogen and oxygen atoms in total. The van der Waals surface area contributed by atoms with Crippen LogP contribution in [0.25, 0.3) is 0 Å². The summed E-state index contributed by atoms with van der Waals surface area (Å²) >= 11 is 0. The summed E-state index contributed by atoms with van der Waals surface area (Å²) < 4.78 is 27.6. The average Bonchev–Trinajstić information content (AvgIpc) is 2.62. The molecule has 4 heteroatoms. The van der Waals surface area contributed by atoms with E-state index >= 15 is 0 Å². The van der Waals surface area contributed by atoms with Crippen molar-refractivity contribution < 1.29 is 8.42 Å². The minimum Gasteiger partial charge on any atom is -0.212 e. The predicted octanol–water partition coefficient (Wildman–Crippen LogP) is 3.73. The summed E-state index contributed by atoms with van der Waals surface area (Å²) in [4.78, 5) is 0. The number of benzene rings is 1. The minimum atomic E-state index is -3.24. The van der Waals surface area contributed by atoms with E-state index in [0.29, 0.717) is 6.54 Å². The number of nitrogens with zero attached hydrogens (tertiary/aromatic N) is 1. The van der Waals surface area contributed by atoms with E-state index in [4.69, 9.17) is 0 Å². The molecule has 2 fully saturated rings. The zero-order valence-corrected chi connectivity index (χ0v) is 14.9. The Labute approximate surface area is 134 Å². The van der Waals surface area contributed by atoms with Crippen LogP contribution >= 0.6 is 0 Å². The van der Waals surface area contributed by atoms with Crippen molar-refractivity contribution in [2.45, 2.75) is 58.8 Å².